The van der Waals surface area contributed by atoms with Crippen LogP contribution in [0.15, 0.2) is 18.3 Å². The van der Waals surface area contributed by atoms with Crippen molar-refractivity contribution in [1.29, 1.82) is 0 Å². The van der Waals surface area contributed by atoms with Gasteiger partial charge in [-0.3, -0.25) is 4.90 Å². The Kier molecular flexibility index (Phi) is 4.07. The smallest absolute Gasteiger partial charge is 0.416 e. The molecular formula is C12H15F3N2O2. The SMILES string of the molecule is CN(C(=O)OC(C)(C)C)c1cc(C(F)(F)F)ccn1. The van der Waals surface area contributed by atoms with Gasteiger partial charge in [0.2, 0.25) is 0 Å². The molecule has 106 valence electrons. The van der Waals surface area contributed by atoms with Gasteiger partial charge >= 0.3 is 12.3 Å². The summed E-state index contributed by atoms with van der Waals surface area (Å²) in [4.78, 5) is 16.4. The standard InChI is InChI=1S/C12H15F3N2O2/c1-11(2,3)19-10(18)17(4)9-7-8(5-6-16-9)12(13,14)15/h5-7H,1-4H3. The van der Waals surface area contributed by atoms with Gasteiger partial charge in [-0.15, -0.1) is 0 Å². The summed E-state index contributed by atoms with van der Waals surface area (Å²) in [6.07, 6.45) is -4.25. The van der Waals surface area contributed by atoms with Crippen molar-refractivity contribution in [3.63, 3.8) is 0 Å². The number of hydrogen-bond donors (Lipinski definition) is 0. The molecule has 1 amide bonds. The highest BCUT2D eigenvalue weighted by Crippen LogP contribution is 2.30. The van der Waals surface area contributed by atoms with Crippen LogP contribution in [-0.2, 0) is 10.9 Å². The predicted molar refractivity (Wildman–Crippen MR) is 63.9 cm³/mol. The van der Waals surface area contributed by atoms with Crippen LogP contribution in [0.2, 0.25) is 0 Å². The molecule has 0 aliphatic carbocycles. The van der Waals surface area contributed by atoms with E-state index in [1.165, 1.54) is 7.05 Å². The number of hydrogen-bond acceptors (Lipinski definition) is 3. The number of nitrogens with zero attached hydrogens (tertiary/aromatic N) is 2. The molecule has 19 heavy (non-hydrogen) atoms. The van der Waals surface area contributed by atoms with Gasteiger partial charge in [0.1, 0.15) is 11.4 Å². The minimum Gasteiger partial charge on any atom is -0.443 e. The summed E-state index contributed by atoms with van der Waals surface area (Å²) >= 11 is 0. The third-order valence-electron chi connectivity index (χ3n) is 2.08. The number of amides is 1. The maximum Gasteiger partial charge on any atom is 0.416 e. The van der Waals surface area contributed by atoms with E-state index < -0.39 is 23.4 Å². The maximum atomic E-state index is 12.5. The van der Waals surface area contributed by atoms with E-state index in [2.05, 4.69) is 4.98 Å². The molecule has 0 fully saturated rings. The molecule has 0 spiro atoms. The summed E-state index contributed by atoms with van der Waals surface area (Å²) < 4.78 is 42.7. The Bertz CT molecular complexity index is 467. The van der Waals surface area contributed by atoms with Crippen molar-refractivity contribution >= 4 is 11.9 Å². The number of rotatable bonds is 1. The number of carbonyl (C=O) groups is 1. The van der Waals surface area contributed by atoms with Crippen LogP contribution in [-0.4, -0.2) is 23.7 Å². The third kappa shape index (κ3) is 4.42. The second-order valence-corrected chi connectivity index (χ2v) is 4.94. The lowest BCUT2D eigenvalue weighted by atomic mass is 10.2. The first kappa shape index (κ1) is 15.3. The zero-order valence-corrected chi connectivity index (χ0v) is 11.1. The first-order chi connectivity index (χ1) is 8.50. The number of pyridine rings is 1. The van der Waals surface area contributed by atoms with Gasteiger partial charge in [-0.1, -0.05) is 0 Å². The van der Waals surface area contributed by atoms with Crippen LogP contribution in [0.25, 0.3) is 0 Å². The zero-order chi connectivity index (χ0) is 14.8. The van der Waals surface area contributed by atoms with Crippen LogP contribution >= 0.6 is 0 Å². The minimum atomic E-state index is -4.48. The van der Waals surface area contributed by atoms with Crippen LogP contribution in [0.1, 0.15) is 26.3 Å². The fraction of sp³-hybridized carbons (Fsp3) is 0.500. The normalized spacial score (nSPS) is 12.2. The van der Waals surface area contributed by atoms with Crippen LogP contribution in [0.4, 0.5) is 23.8 Å². The monoisotopic (exact) mass is 276 g/mol. The molecular weight excluding hydrogens is 261 g/mol. The van der Waals surface area contributed by atoms with Crippen LogP contribution in [0.3, 0.4) is 0 Å². The van der Waals surface area contributed by atoms with Crippen molar-refractivity contribution in [3.8, 4) is 0 Å². The van der Waals surface area contributed by atoms with Crippen molar-refractivity contribution in [2.45, 2.75) is 32.5 Å². The molecule has 1 heterocycles. The van der Waals surface area contributed by atoms with Gasteiger partial charge in [-0.05, 0) is 32.9 Å². The molecule has 1 aromatic rings. The van der Waals surface area contributed by atoms with Gasteiger partial charge in [-0.25, -0.2) is 9.78 Å². The highest BCUT2D eigenvalue weighted by atomic mass is 19.4. The number of carbonyl (C=O) groups excluding carboxylic acids is 1. The lowest BCUT2D eigenvalue weighted by molar-refractivity contribution is -0.137. The number of ether oxygens (including phenoxy) is 1. The summed E-state index contributed by atoms with van der Waals surface area (Å²) in [6.45, 7) is 4.99. The highest BCUT2D eigenvalue weighted by molar-refractivity contribution is 5.86. The molecule has 7 heteroatoms. The first-order valence-corrected chi connectivity index (χ1v) is 5.50. The van der Waals surface area contributed by atoms with Crippen molar-refractivity contribution in [3.05, 3.63) is 23.9 Å². The van der Waals surface area contributed by atoms with E-state index in [-0.39, 0.29) is 5.82 Å². The predicted octanol–water partition coefficient (Wildman–Crippen LogP) is 3.47. The summed E-state index contributed by atoms with van der Waals surface area (Å²) in [5.41, 5.74) is -1.60. The molecule has 0 atom stereocenters. The van der Waals surface area contributed by atoms with Crippen molar-refractivity contribution in [2.24, 2.45) is 0 Å². The average Bonchev–Trinajstić information content (AvgIpc) is 2.24. The summed E-state index contributed by atoms with van der Waals surface area (Å²) in [5.74, 6) is -0.121. The third-order valence-corrected chi connectivity index (χ3v) is 2.08. The van der Waals surface area contributed by atoms with Crippen molar-refractivity contribution in [2.75, 3.05) is 11.9 Å². The van der Waals surface area contributed by atoms with E-state index in [4.69, 9.17) is 4.74 Å². The molecule has 1 rings (SSSR count). The Balaban J connectivity index is 2.95. The molecule has 0 saturated heterocycles. The van der Waals surface area contributed by atoms with Gasteiger partial charge in [0, 0.05) is 13.2 Å². The highest BCUT2D eigenvalue weighted by Gasteiger charge is 2.31. The second-order valence-electron chi connectivity index (χ2n) is 4.94. The van der Waals surface area contributed by atoms with Crippen molar-refractivity contribution in [1.82, 2.24) is 4.98 Å². The Hall–Kier alpha value is -1.79. The van der Waals surface area contributed by atoms with Crippen LogP contribution in [0.5, 0.6) is 0 Å². The average molecular weight is 276 g/mol. The van der Waals surface area contributed by atoms with E-state index in [9.17, 15) is 18.0 Å². The van der Waals surface area contributed by atoms with Crippen LogP contribution in [0, 0.1) is 0 Å². The fourth-order valence-corrected chi connectivity index (χ4v) is 1.20. The molecule has 0 saturated carbocycles. The van der Waals surface area contributed by atoms with Gasteiger partial charge < -0.3 is 4.74 Å². The topological polar surface area (TPSA) is 42.4 Å². The Labute approximate surface area is 109 Å². The van der Waals surface area contributed by atoms with E-state index in [1.54, 1.807) is 20.8 Å². The number of alkyl halides is 3. The first-order valence-electron chi connectivity index (χ1n) is 5.50. The van der Waals surface area contributed by atoms with Crippen molar-refractivity contribution < 1.29 is 22.7 Å². The van der Waals surface area contributed by atoms with Gasteiger partial charge in [0.05, 0.1) is 5.56 Å². The molecule has 0 unspecified atom stereocenters. The lowest BCUT2D eigenvalue weighted by Gasteiger charge is -2.24. The largest absolute Gasteiger partial charge is 0.443 e. The van der Waals surface area contributed by atoms with Crippen LogP contribution < -0.4 is 4.90 Å². The maximum absolute atomic E-state index is 12.5. The Morgan fingerprint density at radius 3 is 2.37 bits per heavy atom. The molecule has 0 aliphatic heterocycles. The van der Waals surface area contributed by atoms with Gasteiger partial charge in [0.15, 0.2) is 0 Å². The molecule has 0 N–H and O–H groups in total. The van der Waals surface area contributed by atoms with E-state index in [1.807, 2.05) is 0 Å². The second kappa shape index (κ2) is 5.07. The molecule has 0 bridgehead atoms. The number of aromatic nitrogens is 1. The summed E-state index contributed by atoms with van der Waals surface area (Å²) in [6, 6.07) is 1.64. The van der Waals surface area contributed by atoms with E-state index in [0.717, 1.165) is 23.2 Å². The minimum absolute atomic E-state index is 0.121. The molecule has 0 aromatic carbocycles. The Morgan fingerprint density at radius 1 is 1.32 bits per heavy atom. The number of anilines is 1. The van der Waals surface area contributed by atoms with E-state index in [0.29, 0.717) is 0 Å². The quantitative estimate of drug-likeness (QED) is 0.788. The lowest BCUT2D eigenvalue weighted by Crippen LogP contribution is -2.34. The zero-order valence-electron chi connectivity index (χ0n) is 11.1. The summed E-state index contributed by atoms with van der Waals surface area (Å²) in [5, 5.41) is 0. The summed E-state index contributed by atoms with van der Waals surface area (Å²) in [7, 11) is 1.30. The molecule has 0 aliphatic rings. The Morgan fingerprint density at radius 2 is 1.89 bits per heavy atom. The molecule has 4 nitrogen and oxygen atoms in total. The fourth-order valence-electron chi connectivity index (χ4n) is 1.20. The number of halogens is 3. The van der Waals surface area contributed by atoms with Gasteiger partial charge in [-0.2, -0.15) is 13.2 Å². The molecule has 0 radical (unpaired) electrons. The van der Waals surface area contributed by atoms with Gasteiger partial charge in [0.25, 0.3) is 0 Å². The van der Waals surface area contributed by atoms with E-state index >= 15 is 0 Å². The molecule has 1 aromatic heterocycles.